The number of nitrogens with zero attached hydrogens (tertiary/aromatic N) is 3. The first-order chi connectivity index (χ1) is 11.2. The normalized spacial score (nSPS) is 24.1. The van der Waals surface area contributed by atoms with Crippen LogP contribution in [0.4, 0.5) is 10.6 Å². The van der Waals surface area contributed by atoms with Gasteiger partial charge >= 0.3 is 6.09 Å². The molecule has 0 bridgehead atoms. The first-order valence-electron chi connectivity index (χ1n) is 8.13. The lowest BCUT2D eigenvalue weighted by molar-refractivity contribution is -0.124. The minimum absolute atomic E-state index is 0.0548. The summed E-state index contributed by atoms with van der Waals surface area (Å²) in [6, 6.07) is 5.54. The number of carbonyl (C=O) groups excluding carboxylic acids is 2. The van der Waals surface area contributed by atoms with Gasteiger partial charge < -0.3 is 9.64 Å². The number of likely N-dealkylation sites (tertiary alicyclic amines) is 1. The van der Waals surface area contributed by atoms with Crippen LogP contribution < -0.4 is 4.90 Å². The number of halogens is 1. The molecule has 0 aliphatic carbocycles. The van der Waals surface area contributed by atoms with E-state index in [-0.39, 0.29) is 12.0 Å². The predicted octanol–water partition coefficient (Wildman–Crippen LogP) is 3.21. The molecule has 2 fully saturated rings. The lowest BCUT2D eigenvalue weighted by Gasteiger charge is -2.26. The van der Waals surface area contributed by atoms with Crippen LogP contribution in [0.25, 0.3) is 0 Å². The summed E-state index contributed by atoms with van der Waals surface area (Å²) >= 11 is 3.34. The number of aromatic nitrogens is 1. The van der Waals surface area contributed by atoms with Crippen molar-refractivity contribution in [2.24, 2.45) is 5.41 Å². The van der Waals surface area contributed by atoms with Gasteiger partial charge in [-0.05, 0) is 61.7 Å². The number of ether oxygens (including phenoxy) is 1. The smallest absolute Gasteiger partial charge is 0.410 e. The fourth-order valence-electron chi connectivity index (χ4n) is 3.32. The van der Waals surface area contributed by atoms with Crippen molar-refractivity contribution in [1.82, 2.24) is 9.88 Å². The van der Waals surface area contributed by atoms with E-state index in [1.54, 1.807) is 9.80 Å². The second-order valence-electron chi connectivity index (χ2n) is 7.46. The first kappa shape index (κ1) is 17.2. The summed E-state index contributed by atoms with van der Waals surface area (Å²) < 4.78 is 6.13. The van der Waals surface area contributed by atoms with Crippen molar-refractivity contribution in [2.45, 2.75) is 39.2 Å². The van der Waals surface area contributed by atoms with E-state index in [9.17, 15) is 9.59 Å². The Kier molecular flexibility index (Phi) is 4.32. The monoisotopic (exact) mass is 395 g/mol. The molecule has 0 radical (unpaired) electrons. The maximum atomic E-state index is 13.0. The topological polar surface area (TPSA) is 62.7 Å². The second kappa shape index (κ2) is 6.02. The average molecular weight is 396 g/mol. The minimum atomic E-state index is -0.529. The summed E-state index contributed by atoms with van der Waals surface area (Å²) in [7, 11) is 0. The zero-order chi connectivity index (χ0) is 17.5. The fraction of sp³-hybridized carbons (Fsp3) is 0.588. The van der Waals surface area contributed by atoms with E-state index >= 15 is 0 Å². The van der Waals surface area contributed by atoms with Crippen LogP contribution in [0, 0.1) is 5.41 Å². The zero-order valence-corrected chi connectivity index (χ0v) is 15.8. The second-order valence-corrected chi connectivity index (χ2v) is 8.27. The highest BCUT2D eigenvalue weighted by Gasteiger charge is 2.52. The summed E-state index contributed by atoms with van der Waals surface area (Å²) in [6.45, 7) is 7.14. The highest BCUT2D eigenvalue weighted by Crippen LogP contribution is 2.42. The number of hydrogen-bond donors (Lipinski definition) is 0. The number of pyridine rings is 1. The number of carbonyl (C=O) groups is 2. The summed E-state index contributed by atoms with van der Waals surface area (Å²) in [5, 5.41) is 0. The number of amides is 2. The summed E-state index contributed by atoms with van der Waals surface area (Å²) in [5.74, 6) is 0.709. The van der Waals surface area contributed by atoms with Crippen LogP contribution in [0.5, 0.6) is 0 Å². The van der Waals surface area contributed by atoms with Gasteiger partial charge in [-0.3, -0.25) is 9.69 Å². The predicted molar refractivity (Wildman–Crippen MR) is 93.8 cm³/mol. The molecule has 1 aromatic rings. The minimum Gasteiger partial charge on any atom is -0.444 e. The molecule has 0 N–H and O–H groups in total. The number of anilines is 1. The quantitative estimate of drug-likeness (QED) is 0.684. The van der Waals surface area contributed by atoms with Gasteiger partial charge in [0.15, 0.2) is 0 Å². The Hall–Kier alpha value is -1.63. The highest BCUT2D eigenvalue weighted by molar-refractivity contribution is 9.10. The summed E-state index contributed by atoms with van der Waals surface area (Å²) in [5.41, 5.74) is -1.03. The van der Waals surface area contributed by atoms with Crippen molar-refractivity contribution in [3.8, 4) is 0 Å². The van der Waals surface area contributed by atoms with Crippen molar-refractivity contribution in [2.75, 3.05) is 24.5 Å². The lowest BCUT2D eigenvalue weighted by atomic mass is 9.85. The third-order valence-corrected chi connectivity index (χ3v) is 4.94. The van der Waals surface area contributed by atoms with Gasteiger partial charge in [0.05, 0.1) is 5.41 Å². The van der Waals surface area contributed by atoms with Gasteiger partial charge in [0, 0.05) is 19.6 Å². The van der Waals surface area contributed by atoms with Crippen LogP contribution in [-0.2, 0) is 9.53 Å². The standard InChI is InChI=1S/C17H22BrN3O3/c1-16(2,3)24-15(23)20-9-7-17(11-20)8-10-21(14(17)22)13-6-4-5-12(18)19-13/h4-6H,7-11H2,1-3H3. The van der Waals surface area contributed by atoms with Crippen LogP contribution in [-0.4, -0.2) is 47.1 Å². The molecule has 1 spiro atoms. The molecule has 0 aromatic carbocycles. The number of rotatable bonds is 1. The molecule has 1 atom stereocenters. The molecule has 2 aliphatic heterocycles. The summed E-state index contributed by atoms with van der Waals surface area (Å²) in [6.07, 6.45) is 1.07. The van der Waals surface area contributed by atoms with E-state index in [4.69, 9.17) is 4.74 Å². The Morgan fingerprint density at radius 2 is 2.00 bits per heavy atom. The van der Waals surface area contributed by atoms with Crippen LogP contribution in [0.3, 0.4) is 0 Å². The summed E-state index contributed by atoms with van der Waals surface area (Å²) in [4.78, 5) is 33.0. The maximum Gasteiger partial charge on any atom is 0.410 e. The highest BCUT2D eigenvalue weighted by atomic mass is 79.9. The van der Waals surface area contributed by atoms with Crippen LogP contribution in [0.2, 0.25) is 0 Å². The van der Waals surface area contributed by atoms with Gasteiger partial charge in [0.1, 0.15) is 16.0 Å². The molecule has 130 valence electrons. The Balaban J connectivity index is 1.72. The van der Waals surface area contributed by atoms with Crippen molar-refractivity contribution >= 4 is 33.7 Å². The van der Waals surface area contributed by atoms with E-state index in [1.807, 2.05) is 39.0 Å². The molecular weight excluding hydrogens is 374 g/mol. The Morgan fingerprint density at radius 1 is 1.29 bits per heavy atom. The van der Waals surface area contributed by atoms with Crippen LogP contribution >= 0.6 is 15.9 Å². The molecule has 1 aromatic heterocycles. The Bertz CT molecular complexity index is 673. The van der Waals surface area contributed by atoms with E-state index in [2.05, 4.69) is 20.9 Å². The van der Waals surface area contributed by atoms with E-state index in [1.165, 1.54) is 0 Å². The van der Waals surface area contributed by atoms with Gasteiger partial charge in [0.2, 0.25) is 5.91 Å². The third-order valence-electron chi connectivity index (χ3n) is 4.50. The van der Waals surface area contributed by atoms with Crippen molar-refractivity contribution in [3.63, 3.8) is 0 Å². The molecule has 0 saturated carbocycles. The van der Waals surface area contributed by atoms with Crippen LogP contribution in [0.15, 0.2) is 22.8 Å². The van der Waals surface area contributed by atoms with Crippen LogP contribution in [0.1, 0.15) is 33.6 Å². The third kappa shape index (κ3) is 3.27. The zero-order valence-electron chi connectivity index (χ0n) is 14.2. The molecule has 3 rings (SSSR count). The van der Waals surface area contributed by atoms with Gasteiger partial charge in [-0.15, -0.1) is 0 Å². The van der Waals surface area contributed by atoms with Gasteiger partial charge in [-0.2, -0.15) is 0 Å². The Labute approximate surface area is 150 Å². The molecule has 3 heterocycles. The SMILES string of the molecule is CC(C)(C)OC(=O)N1CCC2(CCN(c3cccc(Br)n3)C2=O)C1. The van der Waals surface area contributed by atoms with Gasteiger partial charge in [0.25, 0.3) is 0 Å². The molecule has 6 nitrogen and oxygen atoms in total. The maximum absolute atomic E-state index is 13.0. The fourth-order valence-corrected chi connectivity index (χ4v) is 3.65. The Morgan fingerprint density at radius 3 is 2.67 bits per heavy atom. The molecule has 2 saturated heterocycles. The average Bonchev–Trinajstić information content (AvgIpc) is 3.04. The molecule has 2 aliphatic rings. The molecule has 7 heteroatoms. The van der Waals surface area contributed by atoms with E-state index in [0.29, 0.717) is 36.5 Å². The van der Waals surface area contributed by atoms with Crippen molar-refractivity contribution in [1.29, 1.82) is 0 Å². The van der Waals surface area contributed by atoms with E-state index < -0.39 is 11.0 Å². The van der Waals surface area contributed by atoms with E-state index in [0.717, 1.165) is 6.42 Å². The largest absolute Gasteiger partial charge is 0.444 e. The molecule has 2 amide bonds. The lowest BCUT2D eigenvalue weighted by Crippen LogP contribution is -2.40. The van der Waals surface area contributed by atoms with Gasteiger partial charge in [-0.1, -0.05) is 6.07 Å². The van der Waals surface area contributed by atoms with Gasteiger partial charge in [-0.25, -0.2) is 9.78 Å². The molecule has 24 heavy (non-hydrogen) atoms. The van der Waals surface area contributed by atoms with Crippen molar-refractivity contribution in [3.05, 3.63) is 22.8 Å². The van der Waals surface area contributed by atoms with Crippen molar-refractivity contribution < 1.29 is 14.3 Å². The molecular formula is C17H22BrN3O3. The molecule has 1 unspecified atom stereocenters. The first-order valence-corrected chi connectivity index (χ1v) is 8.92. The number of hydrogen-bond acceptors (Lipinski definition) is 4.